The summed E-state index contributed by atoms with van der Waals surface area (Å²) in [6.07, 6.45) is 6.52. The lowest BCUT2D eigenvalue weighted by Crippen LogP contribution is -2.53. The highest BCUT2D eigenvalue weighted by atomic mass is 16.4. The molecule has 0 spiro atoms. The fourth-order valence-electron chi connectivity index (χ4n) is 4.47. The quantitative estimate of drug-likeness (QED) is 0.526. The molecule has 3 aromatic rings. The summed E-state index contributed by atoms with van der Waals surface area (Å²) in [5, 5.41) is 12.9. The highest BCUT2D eigenvalue weighted by molar-refractivity contribution is 5.98. The Morgan fingerprint density at radius 2 is 1.94 bits per heavy atom. The molecule has 0 unspecified atom stereocenters. The van der Waals surface area contributed by atoms with Crippen LogP contribution in [0.2, 0.25) is 0 Å². The van der Waals surface area contributed by atoms with Crippen molar-refractivity contribution in [3.8, 4) is 11.3 Å². The fourth-order valence-corrected chi connectivity index (χ4v) is 4.47. The molecule has 2 amide bonds. The van der Waals surface area contributed by atoms with E-state index in [0.29, 0.717) is 12.0 Å². The Morgan fingerprint density at radius 1 is 1.18 bits per heavy atom. The van der Waals surface area contributed by atoms with Crippen LogP contribution in [0.1, 0.15) is 47.8 Å². The van der Waals surface area contributed by atoms with E-state index in [2.05, 4.69) is 15.3 Å². The molecule has 33 heavy (non-hydrogen) atoms. The first-order valence-corrected chi connectivity index (χ1v) is 11.2. The number of carbonyl (C=O) groups excluding carboxylic acids is 1. The highest BCUT2D eigenvalue weighted by Gasteiger charge is 2.31. The van der Waals surface area contributed by atoms with E-state index < -0.39 is 11.6 Å². The minimum absolute atomic E-state index is 0.190. The van der Waals surface area contributed by atoms with Gasteiger partial charge in [0, 0.05) is 41.9 Å². The molecular formula is C26H30N4O3. The van der Waals surface area contributed by atoms with E-state index in [-0.39, 0.29) is 18.5 Å². The zero-order valence-corrected chi connectivity index (χ0v) is 19.3. The second-order valence-electron chi connectivity index (χ2n) is 9.51. The van der Waals surface area contributed by atoms with Crippen LogP contribution in [0.3, 0.4) is 0 Å². The Morgan fingerprint density at radius 3 is 2.64 bits per heavy atom. The van der Waals surface area contributed by atoms with E-state index in [4.69, 9.17) is 0 Å². The first-order valence-electron chi connectivity index (χ1n) is 11.2. The van der Waals surface area contributed by atoms with Gasteiger partial charge in [-0.25, -0.2) is 4.79 Å². The molecule has 1 atom stereocenters. The Bertz CT molecular complexity index is 1150. The average Bonchev–Trinajstić information content (AvgIpc) is 3.22. The summed E-state index contributed by atoms with van der Waals surface area (Å²) >= 11 is 0. The molecule has 0 aliphatic heterocycles. The summed E-state index contributed by atoms with van der Waals surface area (Å²) in [7, 11) is 0. The van der Waals surface area contributed by atoms with Gasteiger partial charge in [0.2, 0.25) is 0 Å². The van der Waals surface area contributed by atoms with Gasteiger partial charge in [-0.05, 0) is 62.8 Å². The lowest BCUT2D eigenvalue weighted by atomic mass is 9.89. The van der Waals surface area contributed by atoms with Gasteiger partial charge in [-0.2, -0.15) is 0 Å². The van der Waals surface area contributed by atoms with Gasteiger partial charge in [0.1, 0.15) is 0 Å². The van der Waals surface area contributed by atoms with Crippen molar-refractivity contribution in [1.82, 2.24) is 20.2 Å². The van der Waals surface area contributed by atoms with Crippen LogP contribution in [0.4, 0.5) is 4.79 Å². The van der Waals surface area contributed by atoms with E-state index in [1.807, 2.05) is 63.4 Å². The third-order valence-electron chi connectivity index (χ3n) is 6.15. The molecule has 3 N–H and O–H groups in total. The minimum atomic E-state index is -1.00. The topological polar surface area (TPSA) is 98.3 Å². The number of rotatable bonds is 6. The standard InChI is InChI=1S/C26H30N4O3/c1-26(2,3)30(25(32)33)16-19(13-17-7-5-4-6-8-17)29-24(31)22-15-28-23-20-11-12-27-14-18(20)9-10-21(22)23/h4-8,11-12,14-15,19,28H,9-10,13,16H2,1-3H3,(H,29,31)(H,32,33)/t19-/m0/s1. The molecule has 0 saturated heterocycles. The Labute approximate surface area is 193 Å². The van der Waals surface area contributed by atoms with Crippen LogP contribution in [0.15, 0.2) is 55.0 Å². The lowest BCUT2D eigenvalue weighted by Gasteiger charge is -2.36. The smallest absolute Gasteiger partial charge is 0.407 e. The minimum Gasteiger partial charge on any atom is -0.465 e. The SMILES string of the molecule is CC(C)(C)N(C[C@H](Cc1ccccc1)NC(=O)c1c[nH]c2c1CCc1cnccc1-2)C(=O)O. The number of H-pyrrole nitrogens is 1. The van der Waals surface area contributed by atoms with E-state index in [1.165, 1.54) is 10.5 Å². The number of amides is 2. The molecule has 0 fully saturated rings. The Hall–Kier alpha value is -3.61. The highest BCUT2D eigenvalue weighted by Crippen LogP contribution is 2.34. The number of aromatic nitrogens is 2. The van der Waals surface area contributed by atoms with Crippen LogP contribution < -0.4 is 5.32 Å². The number of fused-ring (bicyclic) bond motifs is 3. The van der Waals surface area contributed by atoms with Crippen molar-refractivity contribution >= 4 is 12.0 Å². The number of nitrogens with zero attached hydrogens (tertiary/aromatic N) is 2. The second-order valence-corrected chi connectivity index (χ2v) is 9.51. The number of hydrogen-bond acceptors (Lipinski definition) is 3. The largest absolute Gasteiger partial charge is 0.465 e. The van der Waals surface area contributed by atoms with Crippen molar-refractivity contribution in [3.63, 3.8) is 0 Å². The van der Waals surface area contributed by atoms with Crippen molar-refractivity contribution in [2.45, 2.75) is 51.6 Å². The van der Waals surface area contributed by atoms with Gasteiger partial charge < -0.3 is 20.3 Å². The normalized spacial score (nSPS) is 13.5. The molecule has 1 aliphatic rings. The zero-order valence-electron chi connectivity index (χ0n) is 19.3. The maximum absolute atomic E-state index is 13.4. The van der Waals surface area contributed by atoms with Gasteiger partial charge in [0.15, 0.2) is 0 Å². The number of hydrogen-bond donors (Lipinski definition) is 3. The summed E-state index contributed by atoms with van der Waals surface area (Å²) in [5.41, 5.74) is 5.28. The third-order valence-corrected chi connectivity index (χ3v) is 6.15. The van der Waals surface area contributed by atoms with Gasteiger partial charge in [-0.15, -0.1) is 0 Å². The predicted molar refractivity (Wildman–Crippen MR) is 127 cm³/mol. The molecule has 172 valence electrons. The molecule has 4 rings (SSSR count). The van der Waals surface area contributed by atoms with Crippen molar-refractivity contribution in [2.75, 3.05) is 6.54 Å². The van der Waals surface area contributed by atoms with Crippen LogP contribution in [0, 0.1) is 0 Å². The zero-order chi connectivity index (χ0) is 23.6. The van der Waals surface area contributed by atoms with Gasteiger partial charge in [0.25, 0.3) is 5.91 Å². The fraction of sp³-hybridized carbons (Fsp3) is 0.346. The van der Waals surface area contributed by atoms with Crippen molar-refractivity contribution < 1.29 is 14.7 Å². The van der Waals surface area contributed by atoms with Crippen molar-refractivity contribution in [1.29, 1.82) is 0 Å². The summed E-state index contributed by atoms with van der Waals surface area (Å²) < 4.78 is 0. The molecule has 2 aromatic heterocycles. The molecule has 7 heteroatoms. The number of carboxylic acid groups (broad SMARTS) is 1. The number of carbonyl (C=O) groups is 2. The number of pyridine rings is 1. The second kappa shape index (κ2) is 9.10. The van der Waals surface area contributed by atoms with Gasteiger partial charge in [-0.3, -0.25) is 9.78 Å². The first kappa shape index (κ1) is 22.6. The van der Waals surface area contributed by atoms with Crippen LogP contribution in [-0.2, 0) is 19.3 Å². The molecule has 0 bridgehead atoms. The molecule has 0 saturated carbocycles. The average molecular weight is 447 g/mol. The maximum atomic E-state index is 13.4. The number of aryl methyl sites for hydroxylation is 1. The van der Waals surface area contributed by atoms with Crippen LogP contribution in [-0.4, -0.2) is 50.1 Å². The van der Waals surface area contributed by atoms with E-state index in [9.17, 15) is 14.7 Å². The first-order chi connectivity index (χ1) is 15.7. The van der Waals surface area contributed by atoms with Gasteiger partial charge in [0.05, 0.1) is 11.6 Å². The van der Waals surface area contributed by atoms with Crippen LogP contribution in [0.5, 0.6) is 0 Å². The molecule has 1 aliphatic carbocycles. The van der Waals surface area contributed by atoms with Crippen LogP contribution in [0.25, 0.3) is 11.3 Å². The molecule has 2 heterocycles. The van der Waals surface area contributed by atoms with E-state index >= 15 is 0 Å². The van der Waals surface area contributed by atoms with Crippen LogP contribution >= 0.6 is 0 Å². The molecule has 0 radical (unpaired) electrons. The van der Waals surface area contributed by atoms with Crippen molar-refractivity contribution in [2.24, 2.45) is 0 Å². The third kappa shape index (κ3) is 4.92. The number of benzene rings is 1. The monoisotopic (exact) mass is 446 g/mol. The maximum Gasteiger partial charge on any atom is 0.407 e. The Balaban J connectivity index is 1.59. The van der Waals surface area contributed by atoms with E-state index in [1.54, 1.807) is 12.4 Å². The van der Waals surface area contributed by atoms with Gasteiger partial charge in [-0.1, -0.05) is 30.3 Å². The summed E-state index contributed by atoms with van der Waals surface area (Å²) in [6, 6.07) is 11.4. The number of aromatic amines is 1. The number of nitrogens with one attached hydrogen (secondary N) is 2. The molecular weight excluding hydrogens is 416 g/mol. The Kier molecular flexibility index (Phi) is 6.22. The van der Waals surface area contributed by atoms with Gasteiger partial charge >= 0.3 is 6.09 Å². The van der Waals surface area contributed by atoms with Crippen molar-refractivity contribution in [3.05, 3.63) is 77.2 Å². The molecule has 7 nitrogen and oxygen atoms in total. The lowest BCUT2D eigenvalue weighted by molar-refractivity contribution is 0.0821. The summed E-state index contributed by atoms with van der Waals surface area (Å²) in [4.78, 5) is 34.2. The molecule has 1 aromatic carbocycles. The van der Waals surface area contributed by atoms with E-state index in [0.717, 1.165) is 35.2 Å². The predicted octanol–water partition coefficient (Wildman–Crippen LogP) is 4.29. The summed E-state index contributed by atoms with van der Waals surface area (Å²) in [5.74, 6) is -0.190. The summed E-state index contributed by atoms with van der Waals surface area (Å²) in [6.45, 7) is 5.77.